The molecule has 2 aromatic carbocycles. The molecule has 1 N–H and O–H groups in total. The van der Waals surface area contributed by atoms with Gasteiger partial charge in [0.25, 0.3) is 0 Å². The minimum atomic E-state index is -3.74. The quantitative estimate of drug-likeness (QED) is 0.712. The maximum absolute atomic E-state index is 12.6. The van der Waals surface area contributed by atoms with Crippen molar-refractivity contribution in [1.29, 1.82) is 0 Å². The molecular formula is C20H24Cl2N2O3S. The average molecular weight is 443 g/mol. The number of amides is 1. The minimum absolute atomic E-state index is 0.0837. The van der Waals surface area contributed by atoms with Gasteiger partial charge in [-0.05, 0) is 62.1 Å². The van der Waals surface area contributed by atoms with E-state index < -0.39 is 22.5 Å². The van der Waals surface area contributed by atoms with Gasteiger partial charge in [0, 0.05) is 0 Å². The second-order valence-electron chi connectivity index (χ2n) is 6.92. The predicted octanol–water partition coefficient (Wildman–Crippen LogP) is 4.56. The standard InChI is InChI=1S/C20H24Cl2N2O3S/c1-12-9-14(3)16(10-13(12)2)15(4)23-19(25)11-24(28(5,26)27)18-8-6-7-17(21)20(18)22/h6-10,15H,11H2,1-5H3,(H,23,25)/t15-/m0/s1. The van der Waals surface area contributed by atoms with E-state index >= 15 is 0 Å². The Hall–Kier alpha value is -1.76. The van der Waals surface area contributed by atoms with Gasteiger partial charge < -0.3 is 5.32 Å². The van der Waals surface area contributed by atoms with Crippen LogP contribution in [0.25, 0.3) is 0 Å². The average Bonchev–Trinajstić information content (AvgIpc) is 2.57. The van der Waals surface area contributed by atoms with Crippen molar-refractivity contribution in [3.63, 3.8) is 0 Å². The van der Waals surface area contributed by atoms with E-state index in [1.54, 1.807) is 12.1 Å². The lowest BCUT2D eigenvalue weighted by Gasteiger charge is -2.25. The Labute approximate surface area is 176 Å². The van der Waals surface area contributed by atoms with Crippen LogP contribution < -0.4 is 9.62 Å². The molecule has 1 amide bonds. The van der Waals surface area contributed by atoms with E-state index in [9.17, 15) is 13.2 Å². The largest absolute Gasteiger partial charge is 0.348 e. The van der Waals surface area contributed by atoms with E-state index in [0.717, 1.165) is 27.3 Å². The smallest absolute Gasteiger partial charge is 0.241 e. The van der Waals surface area contributed by atoms with Crippen molar-refractivity contribution in [2.24, 2.45) is 0 Å². The first kappa shape index (κ1) is 22.5. The van der Waals surface area contributed by atoms with Crippen LogP contribution in [0.15, 0.2) is 30.3 Å². The molecule has 5 nitrogen and oxygen atoms in total. The van der Waals surface area contributed by atoms with Crippen LogP contribution in [-0.2, 0) is 14.8 Å². The SMILES string of the molecule is Cc1cc(C)c([C@H](C)NC(=O)CN(c2cccc(Cl)c2Cl)S(C)(=O)=O)cc1C. The Bertz CT molecular complexity index is 1010. The number of sulfonamides is 1. The molecule has 28 heavy (non-hydrogen) atoms. The summed E-state index contributed by atoms with van der Waals surface area (Å²) >= 11 is 12.2. The van der Waals surface area contributed by atoms with Gasteiger partial charge >= 0.3 is 0 Å². The molecule has 0 spiro atoms. The third-order valence-electron chi connectivity index (χ3n) is 4.61. The highest BCUT2D eigenvalue weighted by molar-refractivity contribution is 7.92. The van der Waals surface area contributed by atoms with Gasteiger partial charge in [-0.3, -0.25) is 9.10 Å². The first-order valence-electron chi connectivity index (χ1n) is 8.70. The van der Waals surface area contributed by atoms with Gasteiger partial charge in [0.1, 0.15) is 6.54 Å². The van der Waals surface area contributed by atoms with Crippen LogP contribution in [0.5, 0.6) is 0 Å². The second-order valence-corrected chi connectivity index (χ2v) is 9.62. The molecule has 0 saturated carbocycles. The van der Waals surface area contributed by atoms with E-state index in [-0.39, 0.29) is 21.8 Å². The van der Waals surface area contributed by atoms with Gasteiger partial charge in [-0.15, -0.1) is 0 Å². The first-order chi connectivity index (χ1) is 12.9. The summed E-state index contributed by atoms with van der Waals surface area (Å²) in [5.74, 6) is -0.438. The maximum Gasteiger partial charge on any atom is 0.241 e. The first-order valence-corrected chi connectivity index (χ1v) is 11.3. The summed E-state index contributed by atoms with van der Waals surface area (Å²) in [4.78, 5) is 12.6. The Kier molecular flexibility index (Phi) is 7.02. The summed E-state index contributed by atoms with van der Waals surface area (Å²) in [6.45, 7) is 7.51. The zero-order valence-corrected chi connectivity index (χ0v) is 18.8. The van der Waals surface area contributed by atoms with Crippen LogP contribution in [0.1, 0.15) is 35.2 Å². The summed E-state index contributed by atoms with van der Waals surface area (Å²) in [6, 6.07) is 8.49. The molecule has 0 saturated heterocycles. The van der Waals surface area contributed by atoms with Crippen molar-refractivity contribution >= 4 is 44.8 Å². The molecule has 152 valence electrons. The molecule has 2 aromatic rings. The molecule has 0 unspecified atom stereocenters. The zero-order chi connectivity index (χ0) is 21.2. The summed E-state index contributed by atoms with van der Waals surface area (Å²) < 4.78 is 25.5. The van der Waals surface area contributed by atoms with E-state index in [2.05, 4.69) is 11.4 Å². The topological polar surface area (TPSA) is 66.5 Å². The molecule has 0 fully saturated rings. The fourth-order valence-corrected chi connectivity index (χ4v) is 4.32. The van der Waals surface area contributed by atoms with E-state index in [0.29, 0.717) is 0 Å². The molecule has 0 aliphatic rings. The maximum atomic E-state index is 12.6. The number of carbonyl (C=O) groups excluding carboxylic acids is 1. The third kappa shape index (κ3) is 5.19. The van der Waals surface area contributed by atoms with Crippen molar-refractivity contribution in [2.75, 3.05) is 17.1 Å². The number of hydrogen-bond acceptors (Lipinski definition) is 3. The monoisotopic (exact) mass is 442 g/mol. The van der Waals surface area contributed by atoms with E-state index in [1.165, 1.54) is 11.6 Å². The van der Waals surface area contributed by atoms with Crippen LogP contribution in [-0.4, -0.2) is 27.1 Å². The predicted molar refractivity (Wildman–Crippen MR) is 116 cm³/mol. The summed E-state index contributed by atoms with van der Waals surface area (Å²) in [5, 5.41) is 3.17. The lowest BCUT2D eigenvalue weighted by Crippen LogP contribution is -2.41. The van der Waals surface area contributed by atoms with Gasteiger partial charge in [-0.25, -0.2) is 8.42 Å². The number of aryl methyl sites for hydroxylation is 3. The van der Waals surface area contributed by atoms with Crippen molar-refractivity contribution < 1.29 is 13.2 Å². The molecule has 0 heterocycles. The zero-order valence-electron chi connectivity index (χ0n) is 16.5. The van der Waals surface area contributed by atoms with Crippen molar-refractivity contribution in [2.45, 2.75) is 33.7 Å². The molecule has 0 bridgehead atoms. The van der Waals surface area contributed by atoms with Crippen LogP contribution >= 0.6 is 23.2 Å². The van der Waals surface area contributed by atoms with Crippen LogP contribution in [0, 0.1) is 20.8 Å². The minimum Gasteiger partial charge on any atom is -0.348 e. The number of nitrogens with zero attached hydrogens (tertiary/aromatic N) is 1. The molecule has 0 aromatic heterocycles. The highest BCUT2D eigenvalue weighted by Gasteiger charge is 2.25. The molecule has 0 aliphatic heterocycles. The lowest BCUT2D eigenvalue weighted by atomic mass is 9.96. The van der Waals surface area contributed by atoms with Gasteiger partial charge in [-0.1, -0.05) is 41.4 Å². The number of nitrogens with one attached hydrogen (secondary N) is 1. The van der Waals surface area contributed by atoms with Gasteiger partial charge in [-0.2, -0.15) is 0 Å². The summed E-state index contributed by atoms with van der Waals surface area (Å²) in [5.41, 5.74) is 4.53. The summed E-state index contributed by atoms with van der Waals surface area (Å²) in [7, 11) is -3.74. The Balaban J connectivity index is 2.25. The summed E-state index contributed by atoms with van der Waals surface area (Å²) in [6.07, 6.45) is 1.02. The molecule has 0 radical (unpaired) electrons. The number of rotatable bonds is 6. The van der Waals surface area contributed by atoms with Crippen molar-refractivity contribution in [3.05, 3.63) is 62.6 Å². The second kappa shape index (κ2) is 8.72. The molecular weight excluding hydrogens is 419 g/mol. The number of hydrogen-bond donors (Lipinski definition) is 1. The third-order valence-corrected chi connectivity index (χ3v) is 6.55. The Morgan fingerprint density at radius 3 is 2.32 bits per heavy atom. The fourth-order valence-electron chi connectivity index (χ4n) is 3.01. The van der Waals surface area contributed by atoms with E-state index in [4.69, 9.17) is 23.2 Å². The number of carbonyl (C=O) groups is 1. The highest BCUT2D eigenvalue weighted by Crippen LogP contribution is 2.33. The molecule has 8 heteroatoms. The Morgan fingerprint density at radius 1 is 1.11 bits per heavy atom. The van der Waals surface area contributed by atoms with Crippen molar-refractivity contribution in [3.8, 4) is 0 Å². The van der Waals surface area contributed by atoms with Crippen molar-refractivity contribution in [1.82, 2.24) is 5.32 Å². The van der Waals surface area contributed by atoms with Crippen LogP contribution in [0.3, 0.4) is 0 Å². The Morgan fingerprint density at radius 2 is 1.71 bits per heavy atom. The van der Waals surface area contributed by atoms with Crippen LogP contribution in [0.4, 0.5) is 5.69 Å². The van der Waals surface area contributed by atoms with E-state index in [1.807, 2.05) is 33.8 Å². The lowest BCUT2D eigenvalue weighted by molar-refractivity contribution is -0.120. The fraction of sp³-hybridized carbons (Fsp3) is 0.350. The normalized spacial score (nSPS) is 12.5. The number of benzene rings is 2. The number of halogens is 2. The highest BCUT2D eigenvalue weighted by atomic mass is 35.5. The molecule has 2 rings (SSSR count). The van der Waals surface area contributed by atoms with Gasteiger partial charge in [0.15, 0.2) is 0 Å². The van der Waals surface area contributed by atoms with Gasteiger partial charge in [0.2, 0.25) is 15.9 Å². The molecule has 1 atom stereocenters. The number of anilines is 1. The van der Waals surface area contributed by atoms with Crippen LogP contribution in [0.2, 0.25) is 10.0 Å². The molecule has 0 aliphatic carbocycles. The van der Waals surface area contributed by atoms with Gasteiger partial charge in [0.05, 0.1) is 28.0 Å².